The molecule has 1 aliphatic heterocycles. The number of hydrogen-bond acceptors (Lipinski definition) is 4. The number of hydrogen-bond donors (Lipinski definition) is 2. The average Bonchev–Trinajstić information content (AvgIpc) is 2.88. The highest BCUT2D eigenvalue weighted by Crippen LogP contribution is 2.25. The van der Waals surface area contributed by atoms with Crippen LogP contribution in [-0.4, -0.2) is 33.9 Å². The molecule has 2 aromatic rings. The van der Waals surface area contributed by atoms with Gasteiger partial charge in [0, 0.05) is 25.9 Å². The highest BCUT2D eigenvalue weighted by atomic mass is 16.5. The summed E-state index contributed by atoms with van der Waals surface area (Å²) in [5.41, 5.74) is 1.78. The van der Waals surface area contributed by atoms with Gasteiger partial charge in [0.15, 0.2) is 0 Å². The number of aryl methyl sites for hydroxylation is 2. The van der Waals surface area contributed by atoms with Gasteiger partial charge in [0.25, 0.3) is 0 Å². The van der Waals surface area contributed by atoms with Gasteiger partial charge in [-0.25, -0.2) is 4.79 Å². The maximum atomic E-state index is 12.3. The van der Waals surface area contributed by atoms with Crippen molar-refractivity contribution in [3.05, 3.63) is 35.4 Å². The number of anilines is 1. The first kappa shape index (κ1) is 19.2. The van der Waals surface area contributed by atoms with Crippen molar-refractivity contribution in [3.8, 4) is 5.75 Å². The number of rotatable bonds is 7. The molecule has 2 N–H and O–H groups in total. The van der Waals surface area contributed by atoms with Gasteiger partial charge < -0.3 is 19.9 Å². The maximum Gasteiger partial charge on any atom is 0.319 e. The van der Waals surface area contributed by atoms with E-state index in [-0.39, 0.29) is 6.03 Å². The fraction of sp³-hybridized carbons (Fsp3) is 0.550. The van der Waals surface area contributed by atoms with Crippen LogP contribution in [0.4, 0.5) is 10.5 Å². The van der Waals surface area contributed by atoms with Crippen molar-refractivity contribution < 1.29 is 9.53 Å². The number of nitrogens with zero attached hydrogens (tertiary/aromatic N) is 3. The Morgan fingerprint density at radius 2 is 2.15 bits per heavy atom. The predicted molar refractivity (Wildman–Crippen MR) is 105 cm³/mol. The third-order valence-corrected chi connectivity index (χ3v) is 4.67. The molecule has 1 aromatic carbocycles. The molecule has 0 spiro atoms. The molecule has 2 heterocycles. The van der Waals surface area contributed by atoms with Crippen LogP contribution >= 0.6 is 0 Å². The number of carbonyl (C=O) groups is 1. The SMILES string of the molecule is CCCOc1cc(C)ccc1NC(=O)NCCc1nnc2n1CCCCC2. The Hall–Kier alpha value is -2.57. The summed E-state index contributed by atoms with van der Waals surface area (Å²) < 4.78 is 7.95. The van der Waals surface area contributed by atoms with Gasteiger partial charge in [-0.05, 0) is 43.9 Å². The number of amides is 2. The minimum atomic E-state index is -0.240. The van der Waals surface area contributed by atoms with E-state index in [2.05, 4.69) is 32.3 Å². The van der Waals surface area contributed by atoms with Gasteiger partial charge in [0.05, 0.1) is 12.3 Å². The van der Waals surface area contributed by atoms with Crippen LogP contribution in [0.3, 0.4) is 0 Å². The molecule has 1 aliphatic rings. The molecule has 7 nitrogen and oxygen atoms in total. The second kappa shape index (κ2) is 9.39. The molecule has 0 radical (unpaired) electrons. The minimum absolute atomic E-state index is 0.240. The van der Waals surface area contributed by atoms with E-state index in [9.17, 15) is 4.79 Å². The Balaban J connectivity index is 1.53. The van der Waals surface area contributed by atoms with Crippen LogP contribution in [0.25, 0.3) is 0 Å². The molecule has 0 fully saturated rings. The molecular formula is C20H29N5O2. The number of carbonyl (C=O) groups excluding carboxylic acids is 1. The molecule has 1 aromatic heterocycles. The second-order valence-corrected chi connectivity index (χ2v) is 6.97. The van der Waals surface area contributed by atoms with Crippen LogP contribution in [0, 0.1) is 6.92 Å². The summed E-state index contributed by atoms with van der Waals surface area (Å²) in [6.07, 6.45) is 6.17. The van der Waals surface area contributed by atoms with Gasteiger partial charge in [0.1, 0.15) is 17.4 Å². The lowest BCUT2D eigenvalue weighted by molar-refractivity contribution is 0.252. The zero-order valence-corrected chi connectivity index (χ0v) is 16.3. The minimum Gasteiger partial charge on any atom is -0.491 e. The van der Waals surface area contributed by atoms with E-state index >= 15 is 0 Å². The zero-order chi connectivity index (χ0) is 19.1. The standard InChI is InChI=1S/C20H29N5O2/c1-3-13-27-17-14-15(2)8-9-16(17)22-20(26)21-11-10-19-24-23-18-7-5-4-6-12-25(18)19/h8-9,14H,3-7,10-13H2,1-2H3,(H2,21,22,26). The van der Waals surface area contributed by atoms with Crippen molar-refractivity contribution >= 4 is 11.7 Å². The van der Waals surface area contributed by atoms with Gasteiger partial charge in [-0.1, -0.05) is 19.4 Å². The molecule has 2 amide bonds. The second-order valence-electron chi connectivity index (χ2n) is 6.97. The zero-order valence-electron chi connectivity index (χ0n) is 16.3. The normalized spacial score (nSPS) is 13.6. The Bertz CT molecular complexity index is 772. The monoisotopic (exact) mass is 371 g/mol. The number of nitrogens with one attached hydrogen (secondary N) is 2. The van der Waals surface area contributed by atoms with Gasteiger partial charge in [0.2, 0.25) is 0 Å². The number of fused-ring (bicyclic) bond motifs is 1. The molecule has 0 atom stereocenters. The smallest absolute Gasteiger partial charge is 0.319 e. The first-order valence-electron chi connectivity index (χ1n) is 9.86. The summed E-state index contributed by atoms with van der Waals surface area (Å²) in [5, 5.41) is 14.4. The fourth-order valence-corrected chi connectivity index (χ4v) is 3.25. The fourth-order valence-electron chi connectivity index (χ4n) is 3.25. The van der Waals surface area contributed by atoms with E-state index in [1.54, 1.807) is 0 Å². The highest BCUT2D eigenvalue weighted by molar-refractivity contribution is 5.90. The van der Waals surface area contributed by atoms with Crippen LogP contribution in [0.15, 0.2) is 18.2 Å². The first-order valence-corrected chi connectivity index (χ1v) is 9.86. The van der Waals surface area contributed by atoms with Crippen molar-refractivity contribution in [1.82, 2.24) is 20.1 Å². The third-order valence-electron chi connectivity index (χ3n) is 4.67. The first-order chi connectivity index (χ1) is 13.2. The Morgan fingerprint density at radius 3 is 3.00 bits per heavy atom. The van der Waals surface area contributed by atoms with Crippen LogP contribution in [0.5, 0.6) is 5.75 Å². The van der Waals surface area contributed by atoms with Crippen LogP contribution in [0.1, 0.15) is 49.8 Å². The van der Waals surface area contributed by atoms with E-state index in [0.29, 0.717) is 31.0 Å². The third kappa shape index (κ3) is 5.21. The Labute approximate surface area is 160 Å². The van der Waals surface area contributed by atoms with Gasteiger partial charge >= 0.3 is 6.03 Å². The molecular weight excluding hydrogens is 342 g/mol. The largest absolute Gasteiger partial charge is 0.491 e. The quantitative estimate of drug-likeness (QED) is 0.781. The van der Waals surface area contributed by atoms with Crippen molar-refractivity contribution in [2.45, 2.75) is 58.9 Å². The van der Waals surface area contributed by atoms with Gasteiger partial charge in [-0.15, -0.1) is 10.2 Å². The van der Waals surface area contributed by atoms with Crippen LogP contribution < -0.4 is 15.4 Å². The summed E-state index contributed by atoms with van der Waals surface area (Å²) in [5.74, 6) is 2.73. The molecule has 146 valence electrons. The highest BCUT2D eigenvalue weighted by Gasteiger charge is 2.15. The molecule has 7 heteroatoms. The average molecular weight is 371 g/mol. The molecule has 0 saturated carbocycles. The maximum absolute atomic E-state index is 12.3. The molecule has 3 rings (SSSR count). The lowest BCUT2D eigenvalue weighted by Gasteiger charge is -2.13. The van der Waals surface area contributed by atoms with E-state index < -0.39 is 0 Å². The Kier molecular flexibility index (Phi) is 6.68. The molecule has 0 aliphatic carbocycles. The summed E-state index contributed by atoms with van der Waals surface area (Å²) in [7, 11) is 0. The summed E-state index contributed by atoms with van der Waals surface area (Å²) in [6, 6.07) is 5.53. The van der Waals surface area contributed by atoms with Crippen molar-refractivity contribution in [3.63, 3.8) is 0 Å². The number of aromatic nitrogens is 3. The summed E-state index contributed by atoms with van der Waals surface area (Å²) in [6.45, 7) is 6.18. The lowest BCUT2D eigenvalue weighted by Crippen LogP contribution is -2.31. The van der Waals surface area contributed by atoms with E-state index in [1.165, 1.54) is 19.3 Å². The number of ether oxygens (including phenoxy) is 1. The summed E-state index contributed by atoms with van der Waals surface area (Å²) in [4.78, 5) is 12.3. The number of benzene rings is 1. The van der Waals surface area contributed by atoms with Crippen molar-refractivity contribution in [1.29, 1.82) is 0 Å². The Morgan fingerprint density at radius 1 is 1.26 bits per heavy atom. The van der Waals surface area contributed by atoms with Crippen molar-refractivity contribution in [2.75, 3.05) is 18.5 Å². The van der Waals surface area contributed by atoms with E-state index in [4.69, 9.17) is 4.74 Å². The topological polar surface area (TPSA) is 81.1 Å². The van der Waals surface area contributed by atoms with E-state index in [1.807, 2.05) is 25.1 Å². The molecule has 27 heavy (non-hydrogen) atoms. The van der Waals surface area contributed by atoms with Gasteiger partial charge in [-0.2, -0.15) is 0 Å². The van der Waals surface area contributed by atoms with Crippen LogP contribution in [0.2, 0.25) is 0 Å². The van der Waals surface area contributed by atoms with E-state index in [0.717, 1.165) is 36.6 Å². The predicted octanol–water partition coefficient (Wildman–Crippen LogP) is 3.47. The molecule has 0 saturated heterocycles. The van der Waals surface area contributed by atoms with Crippen molar-refractivity contribution in [2.24, 2.45) is 0 Å². The number of urea groups is 1. The lowest BCUT2D eigenvalue weighted by atomic mass is 10.2. The molecule has 0 unspecified atom stereocenters. The van der Waals surface area contributed by atoms with Gasteiger partial charge in [-0.3, -0.25) is 0 Å². The van der Waals surface area contributed by atoms with Crippen LogP contribution in [-0.2, 0) is 19.4 Å². The molecule has 0 bridgehead atoms. The summed E-state index contributed by atoms with van der Waals surface area (Å²) >= 11 is 0.